The molecule has 0 fully saturated rings. The van der Waals surface area contributed by atoms with E-state index in [4.69, 9.17) is 0 Å². The predicted octanol–water partition coefficient (Wildman–Crippen LogP) is 0.931. The van der Waals surface area contributed by atoms with Crippen molar-refractivity contribution in [3.63, 3.8) is 0 Å². The first-order valence-electron chi connectivity index (χ1n) is 6.19. The average molecular weight is 277 g/mol. The third-order valence-electron chi connectivity index (χ3n) is 2.58. The summed E-state index contributed by atoms with van der Waals surface area (Å²) in [7, 11) is -3.36. The lowest BCUT2D eigenvalue weighted by atomic mass is 10.0. The molecule has 0 aromatic carbocycles. The highest BCUT2D eigenvalue weighted by Gasteiger charge is 2.23. The molecule has 0 saturated carbocycles. The maximum atomic E-state index is 11.6. The molecule has 106 valence electrons. The van der Waals surface area contributed by atoms with Crippen LogP contribution in [-0.2, 0) is 19.4 Å². The summed E-state index contributed by atoms with van der Waals surface area (Å²) < 4.78 is 23.2. The van der Waals surface area contributed by atoms with Gasteiger partial charge in [-0.1, -0.05) is 27.2 Å². The minimum absolute atomic E-state index is 0.0172. The summed E-state index contributed by atoms with van der Waals surface area (Å²) in [6, 6.07) is -0.612. The van der Waals surface area contributed by atoms with Gasteiger partial charge in [0.15, 0.2) is 15.6 Å². The number of hydrogen-bond donors (Lipinski definition) is 1. The highest BCUT2D eigenvalue weighted by molar-refractivity contribution is 7.92. The summed E-state index contributed by atoms with van der Waals surface area (Å²) >= 11 is 0. The van der Waals surface area contributed by atoms with Crippen LogP contribution in [0.25, 0.3) is 0 Å². The van der Waals surface area contributed by atoms with Crippen LogP contribution in [0.3, 0.4) is 0 Å². The van der Waals surface area contributed by atoms with E-state index in [2.05, 4.69) is 5.32 Å². The molecular formula is C12H23NO4S. The fourth-order valence-corrected chi connectivity index (χ4v) is 2.94. The van der Waals surface area contributed by atoms with Crippen LogP contribution >= 0.6 is 0 Å². The molecule has 0 heterocycles. The van der Waals surface area contributed by atoms with E-state index >= 15 is 0 Å². The monoisotopic (exact) mass is 277 g/mol. The number of amides is 1. The number of nitrogens with one attached hydrogen (secondary N) is 1. The number of rotatable bonds is 8. The van der Waals surface area contributed by atoms with Crippen molar-refractivity contribution < 1.29 is 18.0 Å². The van der Waals surface area contributed by atoms with E-state index in [1.807, 2.05) is 6.92 Å². The average Bonchev–Trinajstić information content (AvgIpc) is 2.21. The summed E-state index contributed by atoms with van der Waals surface area (Å²) in [5.74, 6) is -1.33. The summed E-state index contributed by atoms with van der Waals surface area (Å²) in [5, 5.41) is 2.48. The van der Waals surface area contributed by atoms with Crippen molar-refractivity contribution >= 4 is 21.5 Å². The Hall–Kier alpha value is -0.910. The molecule has 5 nitrogen and oxygen atoms in total. The molecular weight excluding hydrogens is 254 g/mol. The van der Waals surface area contributed by atoms with Gasteiger partial charge in [0.05, 0.1) is 11.8 Å². The molecule has 0 aliphatic carbocycles. The van der Waals surface area contributed by atoms with Crippen molar-refractivity contribution in [1.29, 1.82) is 0 Å². The van der Waals surface area contributed by atoms with Gasteiger partial charge in [0.25, 0.3) is 0 Å². The van der Waals surface area contributed by atoms with Gasteiger partial charge in [-0.15, -0.1) is 0 Å². The van der Waals surface area contributed by atoms with E-state index < -0.39 is 27.5 Å². The van der Waals surface area contributed by atoms with E-state index in [1.165, 1.54) is 6.92 Å². The second-order valence-electron chi connectivity index (χ2n) is 4.85. The first-order chi connectivity index (χ1) is 8.19. The minimum atomic E-state index is -3.36. The second-order valence-corrected chi connectivity index (χ2v) is 7.03. The lowest BCUT2D eigenvalue weighted by Crippen LogP contribution is -2.45. The molecule has 0 bridgehead atoms. The zero-order valence-corrected chi connectivity index (χ0v) is 12.3. The van der Waals surface area contributed by atoms with Gasteiger partial charge < -0.3 is 5.32 Å². The van der Waals surface area contributed by atoms with Crippen LogP contribution in [0.5, 0.6) is 0 Å². The molecule has 0 aromatic rings. The van der Waals surface area contributed by atoms with Crippen molar-refractivity contribution in [1.82, 2.24) is 5.32 Å². The van der Waals surface area contributed by atoms with Gasteiger partial charge in [0.1, 0.15) is 5.75 Å². The molecule has 0 saturated heterocycles. The molecule has 1 amide bonds. The zero-order valence-electron chi connectivity index (χ0n) is 11.5. The van der Waals surface area contributed by atoms with Crippen molar-refractivity contribution in [3.05, 3.63) is 0 Å². The zero-order chi connectivity index (χ0) is 14.3. The van der Waals surface area contributed by atoms with Crippen LogP contribution in [0, 0.1) is 5.92 Å². The van der Waals surface area contributed by atoms with Crippen LogP contribution < -0.4 is 5.32 Å². The molecule has 1 unspecified atom stereocenters. The molecule has 6 heteroatoms. The summed E-state index contributed by atoms with van der Waals surface area (Å²) in [6.45, 7) is 6.88. The highest BCUT2D eigenvalue weighted by Crippen LogP contribution is 2.03. The molecule has 0 aliphatic rings. The molecule has 18 heavy (non-hydrogen) atoms. The Morgan fingerprint density at radius 3 is 2.17 bits per heavy atom. The summed E-state index contributed by atoms with van der Waals surface area (Å²) in [4.78, 5) is 22.9. The molecule has 0 rings (SSSR count). The Morgan fingerprint density at radius 1 is 1.22 bits per heavy atom. The number of hydrogen-bond acceptors (Lipinski definition) is 4. The van der Waals surface area contributed by atoms with Crippen molar-refractivity contribution in [2.45, 2.75) is 46.6 Å². The SMILES string of the molecule is CCCCS(=O)(=O)CC(=O)NC(C(C)=O)C(C)C. The van der Waals surface area contributed by atoms with E-state index in [0.29, 0.717) is 6.42 Å². The topological polar surface area (TPSA) is 80.3 Å². The van der Waals surface area contributed by atoms with Gasteiger partial charge in [-0.3, -0.25) is 9.59 Å². The Labute approximate surface area is 109 Å². The number of unbranched alkanes of at least 4 members (excludes halogenated alkanes) is 1. The van der Waals surface area contributed by atoms with E-state index in [-0.39, 0.29) is 17.5 Å². The van der Waals surface area contributed by atoms with Crippen LogP contribution in [0.4, 0.5) is 0 Å². The Kier molecular flexibility index (Phi) is 7.13. The first kappa shape index (κ1) is 17.1. The second kappa shape index (κ2) is 7.51. The van der Waals surface area contributed by atoms with Crippen LogP contribution in [0.1, 0.15) is 40.5 Å². The van der Waals surface area contributed by atoms with Crippen molar-refractivity contribution in [2.75, 3.05) is 11.5 Å². The minimum Gasteiger partial charge on any atom is -0.345 e. The van der Waals surface area contributed by atoms with Crippen molar-refractivity contribution in [3.8, 4) is 0 Å². The molecule has 0 radical (unpaired) electrons. The van der Waals surface area contributed by atoms with Gasteiger partial charge in [0.2, 0.25) is 5.91 Å². The standard InChI is InChI=1S/C12H23NO4S/c1-5-6-7-18(16,17)8-11(15)13-12(9(2)3)10(4)14/h9,12H,5-8H2,1-4H3,(H,13,15). The van der Waals surface area contributed by atoms with Crippen molar-refractivity contribution in [2.24, 2.45) is 5.92 Å². The first-order valence-corrected chi connectivity index (χ1v) is 8.02. The number of sulfone groups is 1. The number of carbonyl (C=O) groups excluding carboxylic acids is 2. The number of Topliss-reactive ketones (excluding diaryl/α,β-unsaturated/α-hetero) is 1. The van der Waals surface area contributed by atoms with Gasteiger partial charge in [-0.05, 0) is 19.3 Å². The smallest absolute Gasteiger partial charge is 0.235 e. The highest BCUT2D eigenvalue weighted by atomic mass is 32.2. The quantitative estimate of drug-likeness (QED) is 0.715. The third-order valence-corrected chi connectivity index (χ3v) is 4.19. The van der Waals surface area contributed by atoms with Crippen LogP contribution in [0.2, 0.25) is 0 Å². The molecule has 1 atom stereocenters. The largest absolute Gasteiger partial charge is 0.345 e. The number of ketones is 1. The van der Waals surface area contributed by atoms with E-state index in [9.17, 15) is 18.0 Å². The van der Waals surface area contributed by atoms with Gasteiger partial charge in [-0.2, -0.15) is 0 Å². The van der Waals surface area contributed by atoms with E-state index in [1.54, 1.807) is 13.8 Å². The number of carbonyl (C=O) groups is 2. The van der Waals surface area contributed by atoms with Gasteiger partial charge in [-0.25, -0.2) is 8.42 Å². The Balaban J connectivity index is 4.46. The molecule has 1 N–H and O–H groups in total. The van der Waals surface area contributed by atoms with Crippen LogP contribution in [-0.4, -0.2) is 37.7 Å². The molecule has 0 aromatic heterocycles. The van der Waals surface area contributed by atoms with Crippen LogP contribution in [0.15, 0.2) is 0 Å². The molecule has 0 aliphatic heterocycles. The molecule has 0 spiro atoms. The lowest BCUT2D eigenvalue weighted by molar-refractivity contribution is -0.126. The summed E-state index contributed by atoms with van der Waals surface area (Å²) in [5.41, 5.74) is 0. The maximum absolute atomic E-state index is 11.6. The Bertz CT molecular complexity index is 387. The van der Waals surface area contributed by atoms with Gasteiger partial charge >= 0.3 is 0 Å². The maximum Gasteiger partial charge on any atom is 0.235 e. The summed E-state index contributed by atoms with van der Waals surface area (Å²) in [6.07, 6.45) is 1.32. The fraction of sp³-hybridized carbons (Fsp3) is 0.833. The normalized spacial score (nSPS) is 13.4. The van der Waals surface area contributed by atoms with Gasteiger partial charge in [0, 0.05) is 0 Å². The predicted molar refractivity (Wildman–Crippen MR) is 71.0 cm³/mol. The van der Waals surface area contributed by atoms with E-state index in [0.717, 1.165) is 6.42 Å². The third kappa shape index (κ3) is 6.74. The fourth-order valence-electron chi connectivity index (χ4n) is 1.59. The lowest BCUT2D eigenvalue weighted by Gasteiger charge is -2.19. The Morgan fingerprint density at radius 2 is 1.78 bits per heavy atom.